The zero-order chi connectivity index (χ0) is 9.28. The molecule has 0 atom stereocenters. The summed E-state index contributed by atoms with van der Waals surface area (Å²) >= 11 is 0. The normalized spacial score (nSPS) is 12.8. The van der Waals surface area contributed by atoms with Gasteiger partial charge in [-0.25, -0.2) is 21.6 Å². The molecule has 0 fully saturated rings. The van der Waals surface area contributed by atoms with Crippen LogP contribution in [0.15, 0.2) is 0 Å². The van der Waals surface area contributed by atoms with E-state index in [4.69, 9.17) is 0 Å². The standard InChI is InChI=1S/C2F5O3S.Li/c3-1(2(4,5)6)11(8,9)10-7;/q-1;+1. The van der Waals surface area contributed by atoms with Crippen LogP contribution in [0.2, 0.25) is 0 Å². The summed E-state index contributed by atoms with van der Waals surface area (Å²) in [7, 11) is -5.90. The minimum Gasteiger partial charge on any atom is -0.428 e. The molecule has 3 nitrogen and oxygen atoms in total. The molecule has 0 N–H and O–H groups in total. The molecule has 0 amide bonds. The van der Waals surface area contributed by atoms with Gasteiger partial charge < -0.3 is 4.39 Å². The summed E-state index contributed by atoms with van der Waals surface area (Å²) < 4.78 is 76.5. The molecule has 0 aliphatic rings. The van der Waals surface area contributed by atoms with E-state index in [0.717, 1.165) is 0 Å². The van der Waals surface area contributed by atoms with Crippen molar-refractivity contribution in [3.05, 3.63) is 5.50 Å². The molecule has 68 valence electrons. The summed E-state index contributed by atoms with van der Waals surface area (Å²) in [4.78, 5) is 0. The van der Waals surface area contributed by atoms with Crippen molar-refractivity contribution in [1.29, 1.82) is 0 Å². The third kappa shape index (κ3) is 3.71. The Hall–Kier alpha value is 0.157. The van der Waals surface area contributed by atoms with Crippen LogP contribution in [0.1, 0.15) is 0 Å². The maximum absolute atomic E-state index is 11.5. The topological polar surface area (TPSA) is 43.4 Å². The molecule has 0 unspecified atom stereocenters. The summed E-state index contributed by atoms with van der Waals surface area (Å²) in [5.74, 6) is 0. The van der Waals surface area contributed by atoms with E-state index in [-0.39, 0.29) is 18.9 Å². The van der Waals surface area contributed by atoms with Crippen molar-refractivity contribution in [3.8, 4) is 0 Å². The Morgan fingerprint density at radius 1 is 1.25 bits per heavy atom. The number of rotatable bonds is 2. The van der Waals surface area contributed by atoms with Crippen LogP contribution in [0.5, 0.6) is 0 Å². The molecule has 0 saturated heterocycles. The molecule has 0 aromatic rings. The first-order valence-electron chi connectivity index (χ1n) is 1.86. The third-order valence-corrected chi connectivity index (χ3v) is 1.36. The zero-order valence-corrected chi connectivity index (χ0v) is 6.34. The fourth-order valence-electron chi connectivity index (χ4n) is 0.169. The van der Waals surface area contributed by atoms with E-state index in [0.29, 0.717) is 0 Å². The van der Waals surface area contributed by atoms with Crippen molar-refractivity contribution < 1.29 is 53.8 Å². The predicted molar refractivity (Wildman–Crippen MR) is 21.5 cm³/mol. The Labute approximate surface area is 76.1 Å². The summed E-state index contributed by atoms with van der Waals surface area (Å²) in [6, 6.07) is 0. The molecule has 0 aromatic heterocycles. The average Bonchev–Trinajstić information content (AvgIpc) is 1.84. The summed E-state index contributed by atoms with van der Waals surface area (Å²) in [5.41, 5.74) is -3.52. The first kappa shape index (κ1) is 14.7. The molecule has 0 spiro atoms. The molecule has 0 radical (unpaired) electrons. The van der Waals surface area contributed by atoms with Gasteiger partial charge in [0.1, 0.15) is 0 Å². The van der Waals surface area contributed by atoms with Crippen LogP contribution in [-0.2, 0) is 14.5 Å². The van der Waals surface area contributed by atoms with Gasteiger partial charge in [0.05, 0.1) is 5.50 Å². The Kier molecular flexibility index (Phi) is 5.39. The van der Waals surface area contributed by atoms with Crippen molar-refractivity contribution in [2.45, 2.75) is 6.18 Å². The van der Waals surface area contributed by atoms with Crippen molar-refractivity contribution in [1.82, 2.24) is 0 Å². The van der Waals surface area contributed by atoms with Crippen molar-refractivity contribution in [2.24, 2.45) is 0 Å². The SMILES string of the molecule is O=S(=O)(OF)[C-](F)C(F)(F)F.[Li+]. The van der Waals surface area contributed by atoms with Gasteiger partial charge in [0.2, 0.25) is 10.1 Å². The third-order valence-electron chi connectivity index (χ3n) is 0.525. The van der Waals surface area contributed by atoms with Gasteiger partial charge in [-0.1, -0.05) is 4.39 Å². The number of halogens is 5. The monoisotopic (exact) mass is 206 g/mol. The van der Waals surface area contributed by atoms with E-state index in [2.05, 4.69) is 0 Å². The maximum Gasteiger partial charge on any atom is 1.00 e. The van der Waals surface area contributed by atoms with Crippen LogP contribution in [-0.4, -0.2) is 14.6 Å². The number of alkyl halides is 3. The van der Waals surface area contributed by atoms with Gasteiger partial charge in [0.25, 0.3) is 0 Å². The molecule has 0 bridgehead atoms. The average molecular weight is 206 g/mol. The minimum atomic E-state index is -5.90. The molecule has 0 heterocycles. The van der Waals surface area contributed by atoms with Crippen molar-refractivity contribution in [3.63, 3.8) is 0 Å². The van der Waals surface area contributed by atoms with Gasteiger partial charge in [-0.05, 0) is 4.53 Å². The zero-order valence-electron chi connectivity index (χ0n) is 5.52. The van der Waals surface area contributed by atoms with Gasteiger partial charge >= 0.3 is 25.0 Å². The van der Waals surface area contributed by atoms with E-state index >= 15 is 0 Å². The van der Waals surface area contributed by atoms with Gasteiger partial charge in [0, 0.05) is 0 Å². The molecule has 0 aliphatic carbocycles. The Morgan fingerprint density at radius 2 is 1.58 bits per heavy atom. The van der Waals surface area contributed by atoms with Crippen LogP contribution in [0.3, 0.4) is 0 Å². The fourth-order valence-corrected chi connectivity index (χ4v) is 0.508. The van der Waals surface area contributed by atoms with Crippen LogP contribution in [0.25, 0.3) is 0 Å². The summed E-state index contributed by atoms with van der Waals surface area (Å²) in [6.45, 7) is 0. The molecular formula is C2F5LiO3S. The molecule has 0 aliphatic heterocycles. The van der Waals surface area contributed by atoms with Gasteiger partial charge in [-0.3, -0.25) is 0 Å². The van der Waals surface area contributed by atoms with Gasteiger partial charge in [-0.15, -0.1) is 0 Å². The second-order valence-electron chi connectivity index (χ2n) is 1.29. The predicted octanol–water partition coefficient (Wildman–Crippen LogP) is -1.76. The molecule has 10 heteroatoms. The second kappa shape index (κ2) is 4.41. The van der Waals surface area contributed by atoms with Gasteiger partial charge in [0.15, 0.2) is 0 Å². The smallest absolute Gasteiger partial charge is 0.428 e. The molecule has 0 aromatic carbocycles. The second-order valence-corrected chi connectivity index (χ2v) is 2.68. The first-order valence-corrected chi connectivity index (χ1v) is 3.27. The molecule has 0 saturated carbocycles. The Morgan fingerprint density at radius 3 is 1.67 bits per heavy atom. The van der Waals surface area contributed by atoms with Crippen molar-refractivity contribution in [2.75, 3.05) is 0 Å². The van der Waals surface area contributed by atoms with E-state index in [1.54, 1.807) is 4.39 Å². The molecule has 0 rings (SSSR count). The number of hydrogen-bond acceptors (Lipinski definition) is 3. The van der Waals surface area contributed by atoms with Crippen molar-refractivity contribution >= 4 is 10.1 Å². The number of hydrogen-bond donors (Lipinski definition) is 0. The summed E-state index contributed by atoms with van der Waals surface area (Å²) in [5, 5.41) is 0. The van der Waals surface area contributed by atoms with E-state index in [9.17, 15) is 30.5 Å². The van der Waals surface area contributed by atoms with Crippen LogP contribution >= 0.6 is 0 Å². The van der Waals surface area contributed by atoms with E-state index < -0.39 is 21.8 Å². The van der Waals surface area contributed by atoms with Gasteiger partial charge in [-0.2, -0.15) is 0 Å². The Balaban J connectivity index is 0. The maximum atomic E-state index is 11.5. The van der Waals surface area contributed by atoms with Crippen LogP contribution in [0, 0.1) is 5.50 Å². The summed E-state index contributed by atoms with van der Waals surface area (Å²) in [6.07, 6.45) is -5.76. The Bertz CT molecular complexity index is 221. The quantitative estimate of drug-likeness (QED) is 0.305. The largest absolute Gasteiger partial charge is 1.00 e. The molecular weight excluding hydrogens is 206 g/mol. The molecule has 12 heavy (non-hydrogen) atoms. The fraction of sp³-hybridized carbons (Fsp3) is 0.500. The van der Waals surface area contributed by atoms with Crippen LogP contribution in [0.4, 0.5) is 22.1 Å². The first-order chi connectivity index (χ1) is 4.72. The van der Waals surface area contributed by atoms with E-state index in [1.807, 2.05) is 0 Å². The van der Waals surface area contributed by atoms with E-state index in [1.165, 1.54) is 0 Å². The van der Waals surface area contributed by atoms with Crippen LogP contribution < -0.4 is 18.9 Å². The minimum absolute atomic E-state index is 0.